The number of carbonyl (C=O) groups is 1. The molecule has 1 atom stereocenters. The fraction of sp³-hybridized carbons (Fsp3) is 0.929. The zero-order valence-electron chi connectivity index (χ0n) is 11.9. The van der Waals surface area contributed by atoms with Crippen LogP contribution in [0, 0.1) is 5.92 Å². The molecule has 1 amide bonds. The van der Waals surface area contributed by atoms with Crippen LogP contribution in [0.25, 0.3) is 0 Å². The van der Waals surface area contributed by atoms with Gasteiger partial charge in [-0.3, -0.25) is 9.69 Å². The Hall–Kier alpha value is -0.570. The lowest BCUT2D eigenvalue weighted by Crippen LogP contribution is -2.48. The van der Waals surface area contributed by atoms with Crippen molar-refractivity contribution < 1.29 is 4.79 Å². The molecule has 0 aliphatic carbocycles. The molecule has 1 saturated heterocycles. The molecule has 1 unspecified atom stereocenters. The van der Waals surface area contributed by atoms with Gasteiger partial charge < -0.3 is 4.90 Å². The lowest BCUT2D eigenvalue weighted by atomic mass is 9.99. The molecule has 0 radical (unpaired) electrons. The van der Waals surface area contributed by atoms with E-state index in [1.54, 1.807) is 0 Å². The summed E-state index contributed by atoms with van der Waals surface area (Å²) in [6.45, 7) is 9.42. The van der Waals surface area contributed by atoms with Gasteiger partial charge in [-0.25, -0.2) is 0 Å². The summed E-state index contributed by atoms with van der Waals surface area (Å²) in [6, 6.07) is 0.0370. The largest absolute Gasteiger partial charge is 0.341 e. The van der Waals surface area contributed by atoms with Gasteiger partial charge in [0.1, 0.15) is 0 Å². The second-order valence-electron chi connectivity index (χ2n) is 5.52. The summed E-state index contributed by atoms with van der Waals surface area (Å²) >= 11 is 0. The lowest BCUT2D eigenvalue weighted by Gasteiger charge is -2.34. The van der Waals surface area contributed by atoms with E-state index in [9.17, 15) is 4.79 Å². The van der Waals surface area contributed by atoms with Crippen molar-refractivity contribution in [1.82, 2.24) is 9.80 Å². The number of hydrogen-bond acceptors (Lipinski definition) is 2. The molecule has 1 rings (SSSR count). The summed E-state index contributed by atoms with van der Waals surface area (Å²) in [5, 5.41) is 0. The molecule has 100 valence electrons. The second-order valence-corrected chi connectivity index (χ2v) is 5.52. The van der Waals surface area contributed by atoms with Crippen molar-refractivity contribution in [2.24, 2.45) is 5.92 Å². The lowest BCUT2D eigenvalue weighted by molar-refractivity contribution is -0.137. The third-order valence-corrected chi connectivity index (χ3v) is 3.98. The zero-order chi connectivity index (χ0) is 12.8. The molecule has 1 heterocycles. The van der Waals surface area contributed by atoms with Crippen LogP contribution in [0.3, 0.4) is 0 Å². The van der Waals surface area contributed by atoms with Crippen molar-refractivity contribution >= 4 is 5.91 Å². The van der Waals surface area contributed by atoms with Crippen LogP contribution in [0.4, 0.5) is 0 Å². The molecule has 17 heavy (non-hydrogen) atoms. The van der Waals surface area contributed by atoms with Crippen LogP contribution in [0.5, 0.6) is 0 Å². The van der Waals surface area contributed by atoms with E-state index in [0.717, 1.165) is 38.4 Å². The Balaban J connectivity index is 2.40. The molecule has 3 heteroatoms. The number of rotatable bonds is 5. The fourth-order valence-electron chi connectivity index (χ4n) is 2.28. The van der Waals surface area contributed by atoms with Crippen molar-refractivity contribution in [3.8, 4) is 0 Å². The first-order chi connectivity index (χ1) is 8.06. The van der Waals surface area contributed by atoms with E-state index in [2.05, 4.69) is 25.8 Å². The van der Waals surface area contributed by atoms with Gasteiger partial charge in [-0.15, -0.1) is 0 Å². The summed E-state index contributed by atoms with van der Waals surface area (Å²) in [5.74, 6) is 1.10. The van der Waals surface area contributed by atoms with Crippen LogP contribution in [0.1, 0.15) is 46.5 Å². The highest BCUT2D eigenvalue weighted by Crippen LogP contribution is 2.17. The Morgan fingerprint density at radius 1 is 1.41 bits per heavy atom. The molecule has 1 aliphatic rings. The van der Waals surface area contributed by atoms with Gasteiger partial charge in [0.2, 0.25) is 5.91 Å². The minimum atomic E-state index is 0.0370. The fourth-order valence-corrected chi connectivity index (χ4v) is 2.28. The predicted molar refractivity (Wildman–Crippen MR) is 72.0 cm³/mol. The van der Waals surface area contributed by atoms with Gasteiger partial charge >= 0.3 is 0 Å². The Morgan fingerprint density at radius 2 is 2.00 bits per heavy atom. The van der Waals surface area contributed by atoms with Crippen LogP contribution < -0.4 is 0 Å². The highest BCUT2D eigenvalue weighted by atomic mass is 16.2. The van der Waals surface area contributed by atoms with E-state index in [4.69, 9.17) is 0 Å². The number of nitrogens with zero attached hydrogens (tertiary/aromatic N) is 2. The summed E-state index contributed by atoms with van der Waals surface area (Å²) in [4.78, 5) is 16.5. The smallest absolute Gasteiger partial charge is 0.239 e. The number of likely N-dealkylation sites (N-methyl/N-ethyl adjacent to an activating group) is 1. The van der Waals surface area contributed by atoms with E-state index in [0.29, 0.717) is 5.91 Å². The SMILES string of the molecule is CCCCN(C)C(C)C(=O)N1CCC(C)CC1. The summed E-state index contributed by atoms with van der Waals surface area (Å²) in [6.07, 6.45) is 4.69. The molecule has 0 spiro atoms. The topological polar surface area (TPSA) is 23.6 Å². The van der Waals surface area contributed by atoms with Crippen molar-refractivity contribution in [2.45, 2.75) is 52.5 Å². The Morgan fingerprint density at radius 3 is 2.53 bits per heavy atom. The van der Waals surface area contributed by atoms with Crippen LogP contribution in [-0.2, 0) is 4.79 Å². The maximum absolute atomic E-state index is 12.3. The van der Waals surface area contributed by atoms with Gasteiger partial charge in [-0.05, 0) is 45.7 Å². The molecule has 0 aromatic heterocycles. The van der Waals surface area contributed by atoms with E-state index in [1.165, 1.54) is 12.8 Å². The minimum absolute atomic E-state index is 0.0370. The normalized spacial score (nSPS) is 19.7. The number of amides is 1. The van der Waals surface area contributed by atoms with Crippen molar-refractivity contribution in [1.29, 1.82) is 0 Å². The van der Waals surface area contributed by atoms with Crippen LogP contribution in [0.2, 0.25) is 0 Å². The zero-order valence-corrected chi connectivity index (χ0v) is 11.9. The first-order valence-corrected chi connectivity index (χ1v) is 7.05. The van der Waals surface area contributed by atoms with Gasteiger partial charge in [-0.2, -0.15) is 0 Å². The molecule has 1 aliphatic heterocycles. The molecule has 3 nitrogen and oxygen atoms in total. The van der Waals surface area contributed by atoms with Crippen LogP contribution in [0.15, 0.2) is 0 Å². The third kappa shape index (κ3) is 4.30. The van der Waals surface area contributed by atoms with Crippen molar-refractivity contribution in [3.05, 3.63) is 0 Å². The van der Waals surface area contributed by atoms with Crippen molar-refractivity contribution in [3.63, 3.8) is 0 Å². The van der Waals surface area contributed by atoms with Gasteiger partial charge in [0, 0.05) is 13.1 Å². The number of hydrogen-bond donors (Lipinski definition) is 0. The van der Waals surface area contributed by atoms with Gasteiger partial charge in [0.15, 0.2) is 0 Å². The molecule has 0 bridgehead atoms. The Kier molecular flexibility index (Phi) is 5.96. The van der Waals surface area contributed by atoms with E-state index in [-0.39, 0.29) is 6.04 Å². The second kappa shape index (κ2) is 7.00. The average molecular weight is 240 g/mol. The molecular formula is C14H28N2O. The summed E-state index contributed by atoms with van der Waals surface area (Å²) < 4.78 is 0. The molecule has 0 saturated carbocycles. The maximum atomic E-state index is 12.3. The highest BCUT2D eigenvalue weighted by Gasteiger charge is 2.26. The highest BCUT2D eigenvalue weighted by molar-refractivity contribution is 5.81. The molecule has 1 fully saturated rings. The predicted octanol–water partition coefficient (Wildman–Crippen LogP) is 2.37. The van der Waals surface area contributed by atoms with Gasteiger partial charge in [-0.1, -0.05) is 20.3 Å². The third-order valence-electron chi connectivity index (χ3n) is 3.98. The number of likely N-dealkylation sites (tertiary alicyclic amines) is 1. The number of piperidine rings is 1. The first-order valence-electron chi connectivity index (χ1n) is 7.05. The quantitative estimate of drug-likeness (QED) is 0.736. The molecular weight excluding hydrogens is 212 g/mol. The van der Waals surface area contributed by atoms with Crippen LogP contribution in [-0.4, -0.2) is 48.4 Å². The number of carbonyl (C=O) groups excluding carboxylic acids is 1. The maximum Gasteiger partial charge on any atom is 0.239 e. The van der Waals surface area contributed by atoms with Gasteiger partial charge in [0.05, 0.1) is 6.04 Å². The van der Waals surface area contributed by atoms with E-state index >= 15 is 0 Å². The minimum Gasteiger partial charge on any atom is -0.341 e. The molecule has 0 aromatic carbocycles. The summed E-state index contributed by atoms with van der Waals surface area (Å²) in [7, 11) is 2.06. The van der Waals surface area contributed by atoms with Gasteiger partial charge in [0.25, 0.3) is 0 Å². The first kappa shape index (κ1) is 14.5. The van der Waals surface area contributed by atoms with Crippen LogP contribution >= 0.6 is 0 Å². The van der Waals surface area contributed by atoms with E-state index in [1.807, 2.05) is 11.8 Å². The molecule has 0 N–H and O–H groups in total. The number of unbranched alkanes of at least 4 members (excludes halogenated alkanes) is 1. The molecule has 0 aromatic rings. The summed E-state index contributed by atoms with van der Waals surface area (Å²) in [5.41, 5.74) is 0. The Bertz CT molecular complexity index is 234. The average Bonchev–Trinajstić information content (AvgIpc) is 2.35. The Labute approximate surface area is 106 Å². The van der Waals surface area contributed by atoms with Crippen molar-refractivity contribution in [2.75, 3.05) is 26.7 Å². The monoisotopic (exact) mass is 240 g/mol. The van der Waals surface area contributed by atoms with E-state index < -0.39 is 0 Å². The standard InChI is InChI=1S/C14H28N2O/c1-5-6-9-15(4)13(3)14(17)16-10-7-12(2)8-11-16/h12-13H,5-11H2,1-4H3.